The number of phenolic OH excluding ortho intramolecular Hbond substituents is 2. The molecule has 2 aliphatic rings. The van der Waals surface area contributed by atoms with Gasteiger partial charge in [-0.1, -0.05) is 110 Å². The van der Waals surface area contributed by atoms with Gasteiger partial charge in [0.15, 0.2) is 0 Å². The molecule has 4 aromatic carbocycles. The van der Waals surface area contributed by atoms with Crippen molar-refractivity contribution in [1.82, 2.24) is 0 Å². The second-order valence-electron chi connectivity index (χ2n) is 16.8. The van der Waals surface area contributed by atoms with Gasteiger partial charge in [-0.3, -0.25) is 19.3 Å². The van der Waals surface area contributed by atoms with Gasteiger partial charge < -0.3 is 20.1 Å². The lowest BCUT2D eigenvalue weighted by Gasteiger charge is -2.32. The van der Waals surface area contributed by atoms with Crippen molar-refractivity contribution in [3.8, 4) is 29.6 Å². The molecule has 3 N–H and O–H groups in total. The van der Waals surface area contributed by atoms with Gasteiger partial charge in [-0.05, 0) is 135 Å². The molecule has 2 amide bonds. The van der Waals surface area contributed by atoms with E-state index in [-0.39, 0.29) is 35.4 Å². The maximum Gasteiger partial charge on any atom is 0.316 e. The number of hydrogen-bond donors (Lipinski definition) is 3. The van der Waals surface area contributed by atoms with E-state index >= 15 is 0 Å². The average molecular weight is 818 g/mol. The molecule has 1 aliphatic carbocycles. The van der Waals surface area contributed by atoms with E-state index < -0.39 is 11.0 Å². The molecule has 0 aromatic heterocycles. The zero-order valence-electron chi connectivity index (χ0n) is 37.2. The summed E-state index contributed by atoms with van der Waals surface area (Å²) in [5.41, 5.74) is 4.10. The van der Waals surface area contributed by atoms with Gasteiger partial charge in [0.1, 0.15) is 17.2 Å². The normalized spacial score (nSPS) is 17.9. The van der Waals surface area contributed by atoms with E-state index in [2.05, 4.69) is 57.9 Å². The zero-order chi connectivity index (χ0) is 44.6. The molecule has 4 atom stereocenters. The second kappa shape index (κ2) is 22.8. The van der Waals surface area contributed by atoms with Crippen LogP contribution in [-0.4, -0.2) is 33.1 Å². The highest BCUT2D eigenvalue weighted by Gasteiger charge is 2.43. The summed E-state index contributed by atoms with van der Waals surface area (Å²) < 4.78 is 5.18. The number of carbonyl (C=O) groups excluding carboxylic acids is 3. The van der Waals surface area contributed by atoms with Gasteiger partial charge in [-0.2, -0.15) is 0 Å². The summed E-state index contributed by atoms with van der Waals surface area (Å²) in [6.45, 7) is 18.0. The van der Waals surface area contributed by atoms with Crippen LogP contribution in [0.4, 0.5) is 5.69 Å². The molecule has 8 nitrogen and oxygen atoms in total. The molecule has 2 fully saturated rings. The fourth-order valence-corrected chi connectivity index (χ4v) is 6.63. The number of rotatable bonds is 9. The van der Waals surface area contributed by atoms with Crippen molar-refractivity contribution in [1.29, 1.82) is 0 Å². The van der Waals surface area contributed by atoms with Crippen LogP contribution in [0.1, 0.15) is 148 Å². The Kier molecular flexibility index (Phi) is 18.6. The monoisotopic (exact) mass is 817 g/mol. The lowest BCUT2D eigenvalue weighted by molar-refractivity contribution is -0.144. The van der Waals surface area contributed by atoms with E-state index in [0.717, 1.165) is 49.7 Å². The lowest BCUT2D eigenvalue weighted by Crippen LogP contribution is -2.30. The molecule has 1 saturated heterocycles. The fraction of sp³-hybridized carbons (Fsp3) is 0.442. The van der Waals surface area contributed by atoms with Gasteiger partial charge in [0, 0.05) is 17.4 Å². The van der Waals surface area contributed by atoms with Gasteiger partial charge in [0.25, 0.3) is 0 Å². The largest absolute Gasteiger partial charge is 0.508 e. The van der Waals surface area contributed by atoms with E-state index in [1.165, 1.54) is 41.0 Å². The van der Waals surface area contributed by atoms with Crippen molar-refractivity contribution in [2.24, 2.45) is 17.3 Å². The standard InChI is InChI=1S/C16H24O.C14H13NO2.C12H16O3.C10H14O/c1-3-13(2)14-7-9-15(10-8-14)16(17)11-5-4-6-12-16;1-4-11-5-7-12(8-6-11)15-13(16)9(2)10(3)14(15)17;1-4-12(2,3)11(14)15-10-7-5-9(13)6-8-10;1-3-8(2)9-4-6-10(11)7-5-9/h7-10,13,17H,3-6,11-12H2,1-2H3;1,5-10H,2-3H3;5-8,13H,4H2,1-3H3;4-8,11H,3H2,1-2H3. The van der Waals surface area contributed by atoms with Crippen LogP contribution in [0, 0.1) is 29.6 Å². The summed E-state index contributed by atoms with van der Waals surface area (Å²) in [5, 5.41) is 28.7. The van der Waals surface area contributed by atoms with Crippen molar-refractivity contribution in [2.75, 3.05) is 4.90 Å². The minimum absolute atomic E-state index is 0.143. The maximum absolute atomic E-state index is 11.9. The molecule has 0 radical (unpaired) electrons. The average Bonchev–Trinajstić information content (AvgIpc) is 3.46. The summed E-state index contributed by atoms with van der Waals surface area (Å²) in [4.78, 5) is 36.8. The molecule has 1 saturated carbocycles. The minimum Gasteiger partial charge on any atom is -0.508 e. The number of anilines is 1. The molecule has 0 bridgehead atoms. The van der Waals surface area contributed by atoms with Gasteiger partial charge in [-0.15, -0.1) is 6.42 Å². The number of nitrogens with zero attached hydrogens (tertiary/aromatic N) is 1. The van der Waals surface area contributed by atoms with Gasteiger partial charge >= 0.3 is 5.97 Å². The Morgan fingerprint density at radius 1 is 0.750 bits per heavy atom. The minimum atomic E-state index is -0.549. The molecule has 1 heterocycles. The number of terminal acetylenes is 1. The molecule has 60 heavy (non-hydrogen) atoms. The Hall–Kier alpha value is -5.39. The Labute approximate surface area is 359 Å². The predicted octanol–water partition coefficient (Wildman–Crippen LogP) is 11.8. The van der Waals surface area contributed by atoms with Crippen LogP contribution in [0.3, 0.4) is 0 Å². The van der Waals surface area contributed by atoms with Gasteiger partial charge in [0.05, 0.1) is 16.7 Å². The lowest BCUT2D eigenvalue weighted by atomic mass is 9.79. The molecule has 4 aromatic rings. The van der Waals surface area contributed by atoms with Crippen LogP contribution in [0.15, 0.2) is 97.1 Å². The first-order valence-corrected chi connectivity index (χ1v) is 21.5. The van der Waals surface area contributed by atoms with Gasteiger partial charge in [-0.25, -0.2) is 0 Å². The first-order chi connectivity index (χ1) is 28.4. The number of amides is 2. The number of aromatic hydroxyl groups is 2. The summed E-state index contributed by atoms with van der Waals surface area (Å²) >= 11 is 0. The van der Waals surface area contributed by atoms with Gasteiger partial charge in [0.2, 0.25) is 11.8 Å². The molecular formula is C52H67NO7. The van der Waals surface area contributed by atoms with Crippen molar-refractivity contribution in [3.05, 3.63) is 119 Å². The van der Waals surface area contributed by atoms with E-state index in [4.69, 9.17) is 21.4 Å². The zero-order valence-corrected chi connectivity index (χ0v) is 37.2. The third kappa shape index (κ3) is 13.6. The van der Waals surface area contributed by atoms with Crippen LogP contribution in [0.2, 0.25) is 0 Å². The SMILES string of the molecule is C#Cc1ccc(N2C(=O)C(C)C(C)C2=O)cc1.CCC(C)(C)C(=O)Oc1ccc(O)cc1.CCC(C)c1ccc(C2(O)CCCCC2)cc1.CCC(C)c1ccc(O)cc1. The molecule has 1 aliphatic heterocycles. The Bertz CT molecular complexity index is 1970. The smallest absolute Gasteiger partial charge is 0.316 e. The number of ether oxygens (including phenoxy) is 1. The number of phenols is 2. The summed E-state index contributed by atoms with van der Waals surface area (Å²) in [7, 11) is 0. The molecule has 4 unspecified atom stereocenters. The Morgan fingerprint density at radius 2 is 1.18 bits per heavy atom. The van der Waals surface area contributed by atoms with E-state index in [9.17, 15) is 19.5 Å². The number of benzene rings is 4. The highest BCUT2D eigenvalue weighted by molar-refractivity contribution is 6.21. The van der Waals surface area contributed by atoms with E-state index in [0.29, 0.717) is 29.0 Å². The molecule has 0 spiro atoms. The number of esters is 1. The predicted molar refractivity (Wildman–Crippen MR) is 242 cm³/mol. The number of hydrogen-bond acceptors (Lipinski definition) is 7. The summed E-state index contributed by atoms with van der Waals surface area (Å²) in [5.74, 6) is 3.62. The van der Waals surface area contributed by atoms with E-state index in [1.54, 1.807) is 62.4 Å². The number of carbonyl (C=O) groups is 3. The quantitative estimate of drug-likeness (QED) is 0.0665. The third-order valence-electron chi connectivity index (χ3n) is 12.1. The third-order valence-corrected chi connectivity index (χ3v) is 12.1. The summed E-state index contributed by atoms with van der Waals surface area (Å²) in [6, 6.07) is 29.0. The number of aliphatic hydroxyl groups is 1. The number of imide groups is 1. The first kappa shape index (κ1) is 49.0. The van der Waals surface area contributed by atoms with Crippen LogP contribution >= 0.6 is 0 Å². The van der Waals surface area contributed by atoms with Crippen molar-refractivity contribution in [2.45, 2.75) is 131 Å². The Morgan fingerprint density at radius 3 is 1.60 bits per heavy atom. The second-order valence-corrected chi connectivity index (χ2v) is 16.8. The van der Waals surface area contributed by atoms with Crippen LogP contribution in [0.25, 0.3) is 0 Å². The molecule has 8 heteroatoms. The van der Waals surface area contributed by atoms with Crippen molar-refractivity contribution in [3.63, 3.8) is 0 Å². The van der Waals surface area contributed by atoms with Crippen LogP contribution in [-0.2, 0) is 20.0 Å². The highest BCUT2D eigenvalue weighted by Crippen LogP contribution is 2.37. The van der Waals surface area contributed by atoms with Crippen molar-refractivity contribution < 1.29 is 34.4 Å². The van der Waals surface area contributed by atoms with Crippen LogP contribution < -0.4 is 9.64 Å². The molecule has 322 valence electrons. The molecule has 6 rings (SSSR count). The maximum atomic E-state index is 11.9. The summed E-state index contributed by atoms with van der Waals surface area (Å²) in [6.07, 6.45) is 13.7. The first-order valence-electron chi connectivity index (χ1n) is 21.5. The van der Waals surface area contributed by atoms with Crippen LogP contribution in [0.5, 0.6) is 17.2 Å². The van der Waals surface area contributed by atoms with E-state index in [1.807, 2.05) is 32.9 Å². The topological polar surface area (TPSA) is 124 Å². The highest BCUT2D eigenvalue weighted by atomic mass is 16.5. The fourth-order valence-electron chi connectivity index (χ4n) is 6.63. The molecular weight excluding hydrogens is 751 g/mol. The Balaban J connectivity index is 0.000000216. The van der Waals surface area contributed by atoms with Crippen molar-refractivity contribution >= 4 is 23.5 Å².